The minimum absolute atomic E-state index is 0.186. The van der Waals surface area contributed by atoms with Crippen molar-refractivity contribution in [2.24, 2.45) is 0 Å². The number of amides is 1. The molecule has 0 aliphatic heterocycles. The highest BCUT2D eigenvalue weighted by atomic mass is 19.1. The third kappa shape index (κ3) is 4.51. The number of carbonyl (C=O) groups is 2. The summed E-state index contributed by atoms with van der Waals surface area (Å²) in [5.41, 5.74) is 4.16. The number of fused-ring (bicyclic) bond motifs is 1. The standard InChI is InChI=1S/C25H22FN3O3/c1-3-32-24(30)14-17-4-9-20(10-5-17)28-25(31)18-6-13-22-23(15-18)29(16(2)27-22)21-11-7-19(26)8-12-21/h4-13,15H,3,14H2,1-2H3,(H,28,31). The fourth-order valence-corrected chi connectivity index (χ4v) is 3.54. The van der Waals surface area contributed by atoms with E-state index < -0.39 is 0 Å². The van der Waals surface area contributed by atoms with Crippen LogP contribution in [0.15, 0.2) is 66.7 Å². The number of aryl methyl sites for hydroxylation is 1. The number of nitrogens with one attached hydrogen (secondary N) is 1. The molecule has 0 atom stereocenters. The summed E-state index contributed by atoms with van der Waals surface area (Å²) in [6.45, 7) is 3.97. The maximum atomic E-state index is 13.3. The Morgan fingerprint density at radius 2 is 1.75 bits per heavy atom. The first kappa shape index (κ1) is 21.2. The number of imidazole rings is 1. The number of carbonyl (C=O) groups excluding carboxylic acids is 2. The van der Waals surface area contributed by atoms with Gasteiger partial charge in [0.25, 0.3) is 5.91 Å². The summed E-state index contributed by atoms with van der Waals surface area (Å²) < 4.78 is 20.2. The lowest BCUT2D eigenvalue weighted by Crippen LogP contribution is -2.12. The molecule has 4 rings (SSSR count). The van der Waals surface area contributed by atoms with Gasteiger partial charge in [0.05, 0.1) is 24.1 Å². The Hall–Kier alpha value is -4.00. The molecular formula is C25H22FN3O3. The molecule has 6 nitrogen and oxygen atoms in total. The Balaban J connectivity index is 1.56. The maximum absolute atomic E-state index is 13.3. The summed E-state index contributed by atoms with van der Waals surface area (Å²) in [7, 11) is 0. The van der Waals surface area contributed by atoms with E-state index >= 15 is 0 Å². The van der Waals surface area contributed by atoms with Gasteiger partial charge in [-0.1, -0.05) is 12.1 Å². The van der Waals surface area contributed by atoms with Gasteiger partial charge in [0.15, 0.2) is 0 Å². The number of anilines is 1. The summed E-state index contributed by atoms with van der Waals surface area (Å²) in [5, 5.41) is 2.87. The van der Waals surface area contributed by atoms with Gasteiger partial charge in [-0.15, -0.1) is 0 Å². The molecule has 0 radical (unpaired) electrons. The lowest BCUT2D eigenvalue weighted by Gasteiger charge is -2.09. The fraction of sp³-hybridized carbons (Fsp3) is 0.160. The van der Waals surface area contributed by atoms with Crippen LogP contribution >= 0.6 is 0 Å². The van der Waals surface area contributed by atoms with E-state index in [9.17, 15) is 14.0 Å². The molecule has 0 aliphatic rings. The molecule has 1 N–H and O–H groups in total. The van der Waals surface area contributed by atoms with Crippen LogP contribution in [-0.4, -0.2) is 28.0 Å². The van der Waals surface area contributed by atoms with Crippen LogP contribution in [-0.2, 0) is 16.0 Å². The van der Waals surface area contributed by atoms with Gasteiger partial charge in [0, 0.05) is 16.9 Å². The first-order valence-electron chi connectivity index (χ1n) is 10.3. The molecule has 4 aromatic rings. The quantitative estimate of drug-likeness (QED) is 0.444. The van der Waals surface area contributed by atoms with Gasteiger partial charge in [-0.3, -0.25) is 14.2 Å². The molecule has 0 fully saturated rings. The predicted molar refractivity (Wildman–Crippen MR) is 120 cm³/mol. The second-order valence-electron chi connectivity index (χ2n) is 7.31. The van der Waals surface area contributed by atoms with Gasteiger partial charge in [0.2, 0.25) is 0 Å². The van der Waals surface area contributed by atoms with Crippen LogP contribution in [0, 0.1) is 12.7 Å². The largest absolute Gasteiger partial charge is 0.466 e. The van der Waals surface area contributed by atoms with Crippen molar-refractivity contribution in [2.75, 3.05) is 11.9 Å². The van der Waals surface area contributed by atoms with Crippen molar-refractivity contribution >= 4 is 28.6 Å². The average Bonchev–Trinajstić information content (AvgIpc) is 3.11. The molecule has 0 saturated carbocycles. The lowest BCUT2D eigenvalue weighted by atomic mass is 10.1. The zero-order valence-corrected chi connectivity index (χ0v) is 17.8. The van der Waals surface area contributed by atoms with Gasteiger partial charge >= 0.3 is 5.97 Å². The number of nitrogens with zero attached hydrogens (tertiary/aromatic N) is 2. The Morgan fingerprint density at radius 1 is 1.03 bits per heavy atom. The zero-order chi connectivity index (χ0) is 22.7. The smallest absolute Gasteiger partial charge is 0.310 e. The fourth-order valence-electron chi connectivity index (χ4n) is 3.54. The van der Waals surface area contributed by atoms with Gasteiger partial charge in [-0.25, -0.2) is 9.37 Å². The van der Waals surface area contributed by atoms with E-state index in [0.29, 0.717) is 17.9 Å². The van der Waals surface area contributed by atoms with Gasteiger partial charge < -0.3 is 10.1 Å². The molecule has 3 aromatic carbocycles. The highest BCUT2D eigenvalue weighted by Crippen LogP contribution is 2.23. The van der Waals surface area contributed by atoms with Crippen molar-refractivity contribution in [3.05, 3.63) is 89.5 Å². The first-order valence-corrected chi connectivity index (χ1v) is 10.3. The molecule has 0 aliphatic carbocycles. The van der Waals surface area contributed by atoms with Crippen molar-refractivity contribution in [3.8, 4) is 5.69 Å². The van der Waals surface area contributed by atoms with E-state index in [-0.39, 0.29) is 24.1 Å². The Morgan fingerprint density at radius 3 is 2.44 bits per heavy atom. The van der Waals surface area contributed by atoms with Crippen molar-refractivity contribution in [2.45, 2.75) is 20.3 Å². The van der Waals surface area contributed by atoms with Crippen molar-refractivity contribution < 1.29 is 18.7 Å². The van der Waals surface area contributed by atoms with Crippen molar-refractivity contribution in [1.29, 1.82) is 0 Å². The molecule has 0 unspecified atom stereocenters. The average molecular weight is 431 g/mol. The third-order valence-electron chi connectivity index (χ3n) is 5.03. The molecule has 7 heteroatoms. The van der Waals surface area contributed by atoms with Crippen LogP contribution in [0.1, 0.15) is 28.7 Å². The highest BCUT2D eigenvalue weighted by Gasteiger charge is 2.14. The van der Waals surface area contributed by atoms with Crippen LogP contribution in [0.3, 0.4) is 0 Å². The number of halogens is 1. The van der Waals surface area contributed by atoms with Crippen LogP contribution in [0.5, 0.6) is 0 Å². The summed E-state index contributed by atoms with van der Waals surface area (Å²) in [6.07, 6.45) is 0.186. The summed E-state index contributed by atoms with van der Waals surface area (Å²) in [6, 6.07) is 18.5. The summed E-state index contributed by atoms with van der Waals surface area (Å²) in [4.78, 5) is 29.0. The van der Waals surface area contributed by atoms with Gasteiger partial charge in [-0.2, -0.15) is 0 Å². The number of hydrogen-bond donors (Lipinski definition) is 1. The van der Waals surface area contributed by atoms with Crippen molar-refractivity contribution in [3.63, 3.8) is 0 Å². The minimum atomic E-state index is -0.316. The highest BCUT2D eigenvalue weighted by molar-refractivity contribution is 6.06. The molecular weight excluding hydrogens is 409 g/mol. The van der Waals surface area contributed by atoms with E-state index in [1.165, 1.54) is 12.1 Å². The second kappa shape index (κ2) is 9.01. The SMILES string of the molecule is CCOC(=O)Cc1ccc(NC(=O)c2ccc3nc(C)n(-c4ccc(F)cc4)c3c2)cc1. The van der Waals surface area contributed by atoms with Gasteiger partial charge in [-0.05, 0) is 74.0 Å². The zero-order valence-electron chi connectivity index (χ0n) is 17.8. The van der Waals surface area contributed by atoms with Crippen LogP contribution < -0.4 is 5.32 Å². The molecule has 1 heterocycles. The van der Waals surface area contributed by atoms with Crippen LogP contribution in [0.25, 0.3) is 16.7 Å². The molecule has 0 saturated heterocycles. The summed E-state index contributed by atoms with van der Waals surface area (Å²) >= 11 is 0. The lowest BCUT2D eigenvalue weighted by molar-refractivity contribution is -0.142. The van der Waals surface area contributed by atoms with Crippen molar-refractivity contribution in [1.82, 2.24) is 9.55 Å². The summed E-state index contributed by atoms with van der Waals surface area (Å²) in [5.74, 6) is -0.134. The number of benzene rings is 3. The molecule has 1 aromatic heterocycles. The number of hydrogen-bond acceptors (Lipinski definition) is 4. The Labute approximate surface area is 184 Å². The number of rotatable bonds is 6. The van der Waals surface area contributed by atoms with E-state index in [2.05, 4.69) is 10.3 Å². The minimum Gasteiger partial charge on any atom is -0.466 e. The molecule has 0 spiro atoms. The molecule has 0 bridgehead atoms. The number of aromatic nitrogens is 2. The monoisotopic (exact) mass is 431 g/mol. The Kier molecular flexibility index (Phi) is 5.98. The third-order valence-corrected chi connectivity index (χ3v) is 5.03. The molecule has 32 heavy (non-hydrogen) atoms. The second-order valence-corrected chi connectivity index (χ2v) is 7.31. The van der Waals surface area contributed by atoms with E-state index in [4.69, 9.17) is 4.74 Å². The number of ether oxygens (including phenoxy) is 1. The topological polar surface area (TPSA) is 73.2 Å². The first-order chi connectivity index (χ1) is 15.4. The van der Waals surface area contributed by atoms with Crippen LogP contribution in [0.4, 0.5) is 10.1 Å². The van der Waals surface area contributed by atoms with E-state index in [1.807, 2.05) is 11.5 Å². The Bertz CT molecular complexity index is 1280. The maximum Gasteiger partial charge on any atom is 0.310 e. The predicted octanol–water partition coefficient (Wildman–Crippen LogP) is 4.83. The molecule has 1 amide bonds. The number of esters is 1. The molecule has 162 valence electrons. The normalized spacial score (nSPS) is 10.8. The van der Waals surface area contributed by atoms with Gasteiger partial charge in [0.1, 0.15) is 11.6 Å². The van der Waals surface area contributed by atoms with E-state index in [0.717, 1.165) is 28.1 Å². The van der Waals surface area contributed by atoms with E-state index in [1.54, 1.807) is 61.5 Å². The van der Waals surface area contributed by atoms with Crippen LogP contribution in [0.2, 0.25) is 0 Å².